The minimum atomic E-state index is 0.694. The third kappa shape index (κ3) is 7.19. The summed E-state index contributed by atoms with van der Waals surface area (Å²) in [6.45, 7) is 4.30. The van der Waals surface area contributed by atoms with Gasteiger partial charge in [-0.2, -0.15) is 0 Å². The second-order valence-electron chi connectivity index (χ2n) is 10.0. The number of nitrogen functional groups attached to an aromatic ring is 2. The van der Waals surface area contributed by atoms with Gasteiger partial charge in [0.05, 0.1) is 0 Å². The van der Waals surface area contributed by atoms with Gasteiger partial charge in [-0.15, -0.1) is 0 Å². The topological polar surface area (TPSA) is 89.0 Å². The normalized spacial score (nSPS) is 10.5. The molecule has 44 heavy (non-hydrogen) atoms. The zero-order chi connectivity index (χ0) is 30.3. The highest BCUT2D eigenvalue weighted by molar-refractivity contribution is 5.78. The Morgan fingerprint density at radius 3 is 0.727 bits per heavy atom. The molecule has 0 atom stereocenters. The largest absolute Gasteiger partial charge is 0.457 e. The van der Waals surface area contributed by atoms with Crippen molar-refractivity contribution in [2.24, 2.45) is 0 Å². The van der Waals surface area contributed by atoms with Crippen LogP contribution in [0.25, 0.3) is 5.57 Å². The lowest BCUT2D eigenvalue weighted by Gasteiger charge is -2.11. The van der Waals surface area contributed by atoms with Crippen molar-refractivity contribution in [2.75, 3.05) is 11.5 Å². The Labute approximate surface area is 256 Å². The van der Waals surface area contributed by atoms with Crippen molar-refractivity contribution in [3.8, 4) is 46.0 Å². The molecule has 0 radical (unpaired) electrons. The van der Waals surface area contributed by atoms with Crippen molar-refractivity contribution in [3.05, 3.63) is 163 Å². The summed E-state index contributed by atoms with van der Waals surface area (Å²) in [5, 5.41) is 0. The number of nitrogens with two attached hydrogens (primary N) is 2. The average molecular weight is 579 g/mol. The fraction of sp³-hybridized carbons (Fsp3) is 0. The highest BCUT2D eigenvalue weighted by atomic mass is 16.5. The minimum Gasteiger partial charge on any atom is -0.457 e. The van der Waals surface area contributed by atoms with E-state index in [1.165, 1.54) is 0 Å². The standard InChI is InChI=1S/C38H30N2O4/c1-26(27-2-10-31(11-3-27)41-35-18-22-37(23-19-35)43-33-14-6-29(39)7-15-33)28-4-12-32(13-5-28)42-36-20-24-38(25-21-36)44-34-16-8-30(40)9-17-34/h2-25H,1,39-40H2. The van der Waals surface area contributed by atoms with Crippen LogP contribution in [0.1, 0.15) is 11.1 Å². The molecule has 6 heteroatoms. The monoisotopic (exact) mass is 578 g/mol. The summed E-state index contributed by atoms with van der Waals surface area (Å²) in [7, 11) is 0. The van der Waals surface area contributed by atoms with Gasteiger partial charge >= 0.3 is 0 Å². The van der Waals surface area contributed by atoms with Gasteiger partial charge in [0, 0.05) is 11.4 Å². The van der Waals surface area contributed by atoms with E-state index in [9.17, 15) is 0 Å². The van der Waals surface area contributed by atoms with Crippen LogP contribution in [0.5, 0.6) is 46.0 Å². The molecule has 0 heterocycles. The van der Waals surface area contributed by atoms with E-state index in [-0.39, 0.29) is 0 Å². The first-order valence-electron chi connectivity index (χ1n) is 14.0. The van der Waals surface area contributed by atoms with Crippen molar-refractivity contribution in [3.63, 3.8) is 0 Å². The molecule has 0 aliphatic heterocycles. The maximum absolute atomic E-state index is 6.02. The molecule has 4 N–H and O–H groups in total. The summed E-state index contributed by atoms with van der Waals surface area (Å²) >= 11 is 0. The predicted octanol–water partition coefficient (Wildman–Crippen LogP) is 10.1. The second kappa shape index (κ2) is 12.8. The Hall–Kier alpha value is -6.14. The molecule has 6 aromatic rings. The van der Waals surface area contributed by atoms with Crippen molar-refractivity contribution < 1.29 is 18.9 Å². The first kappa shape index (κ1) is 28.0. The minimum absolute atomic E-state index is 0.694. The first-order chi connectivity index (χ1) is 21.5. The molecule has 0 aromatic heterocycles. The molecule has 0 bridgehead atoms. The summed E-state index contributed by atoms with van der Waals surface area (Å²) < 4.78 is 23.7. The fourth-order valence-corrected chi connectivity index (χ4v) is 4.38. The van der Waals surface area contributed by atoms with Gasteiger partial charge in [0.1, 0.15) is 46.0 Å². The Kier molecular flexibility index (Phi) is 8.14. The van der Waals surface area contributed by atoms with Crippen molar-refractivity contribution in [1.82, 2.24) is 0 Å². The number of ether oxygens (including phenoxy) is 4. The Bertz CT molecular complexity index is 1690. The quantitative estimate of drug-likeness (QED) is 0.157. The molecular formula is C38H30N2O4. The lowest BCUT2D eigenvalue weighted by Crippen LogP contribution is -1.90. The Balaban J connectivity index is 1.02. The van der Waals surface area contributed by atoms with E-state index in [2.05, 4.69) is 6.58 Å². The van der Waals surface area contributed by atoms with Gasteiger partial charge in [-0.25, -0.2) is 0 Å². The third-order valence-corrected chi connectivity index (χ3v) is 6.76. The van der Waals surface area contributed by atoms with E-state index in [0.717, 1.165) is 39.7 Å². The highest BCUT2D eigenvalue weighted by Crippen LogP contribution is 2.31. The molecule has 0 spiro atoms. The van der Waals surface area contributed by atoms with E-state index >= 15 is 0 Å². The summed E-state index contributed by atoms with van der Waals surface area (Å²) in [4.78, 5) is 0. The third-order valence-electron chi connectivity index (χ3n) is 6.76. The molecule has 0 amide bonds. The lowest BCUT2D eigenvalue weighted by atomic mass is 9.99. The Morgan fingerprint density at radius 2 is 0.500 bits per heavy atom. The van der Waals surface area contributed by atoms with Crippen molar-refractivity contribution >= 4 is 16.9 Å². The number of anilines is 2. The number of hydrogen-bond acceptors (Lipinski definition) is 6. The van der Waals surface area contributed by atoms with E-state index in [1.54, 1.807) is 24.3 Å². The molecule has 0 aliphatic carbocycles. The van der Waals surface area contributed by atoms with Crippen LogP contribution in [0, 0.1) is 0 Å². The zero-order valence-electron chi connectivity index (χ0n) is 23.9. The molecule has 0 aliphatic rings. The van der Waals surface area contributed by atoms with E-state index < -0.39 is 0 Å². The highest BCUT2D eigenvalue weighted by Gasteiger charge is 2.07. The SMILES string of the molecule is C=C(c1ccc(Oc2ccc(Oc3ccc(N)cc3)cc2)cc1)c1ccc(Oc2ccc(Oc3ccc(N)cc3)cc2)cc1. The van der Waals surface area contributed by atoms with Crippen LogP contribution in [0.2, 0.25) is 0 Å². The van der Waals surface area contributed by atoms with Crippen LogP contribution in [-0.2, 0) is 0 Å². The van der Waals surface area contributed by atoms with E-state index in [1.807, 2.05) is 121 Å². The van der Waals surface area contributed by atoms with Gasteiger partial charge in [-0.05, 0) is 138 Å². The van der Waals surface area contributed by atoms with Gasteiger partial charge in [-0.1, -0.05) is 30.8 Å². The molecule has 6 rings (SSSR count). The predicted molar refractivity (Wildman–Crippen MR) is 176 cm³/mol. The number of rotatable bonds is 10. The van der Waals surface area contributed by atoms with Gasteiger partial charge in [-0.3, -0.25) is 0 Å². The molecule has 6 nitrogen and oxygen atoms in total. The summed E-state index contributed by atoms with van der Waals surface area (Å²) in [5.41, 5.74) is 15.7. The number of hydrogen-bond donors (Lipinski definition) is 2. The van der Waals surface area contributed by atoms with Crippen LogP contribution < -0.4 is 30.4 Å². The van der Waals surface area contributed by atoms with Crippen LogP contribution in [-0.4, -0.2) is 0 Å². The summed E-state index contributed by atoms with van der Waals surface area (Å²) in [6.07, 6.45) is 0. The molecule has 0 saturated carbocycles. The molecular weight excluding hydrogens is 548 g/mol. The second-order valence-corrected chi connectivity index (χ2v) is 10.0. The van der Waals surface area contributed by atoms with Gasteiger partial charge in [0.2, 0.25) is 0 Å². The number of benzene rings is 6. The van der Waals surface area contributed by atoms with Crippen LogP contribution >= 0.6 is 0 Å². The zero-order valence-corrected chi connectivity index (χ0v) is 23.9. The average Bonchev–Trinajstić information content (AvgIpc) is 3.05. The molecule has 0 saturated heterocycles. The van der Waals surface area contributed by atoms with Crippen LogP contribution in [0.15, 0.2) is 152 Å². The van der Waals surface area contributed by atoms with Crippen molar-refractivity contribution in [1.29, 1.82) is 0 Å². The molecule has 0 fully saturated rings. The van der Waals surface area contributed by atoms with Gasteiger partial charge in [0.25, 0.3) is 0 Å². The first-order valence-corrected chi connectivity index (χ1v) is 14.0. The van der Waals surface area contributed by atoms with Gasteiger partial charge in [0.15, 0.2) is 0 Å². The lowest BCUT2D eigenvalue weighted by molar-refractivity contribution is 0.469. The fourth-order valence-electron chi connectivity index (χ4n) is 4.38. The molecule has 216 valence electrons. The summed E-state index contributed by atoms with van der Waals surface area (Å²) in [5.74, 6) is 5.73. The molecule has 0 unspecified atom stereocenters. The molecule has 6 aromatic carbocycles. The smallest absolute Gasteiger partial charge is 0.127 e. The maximum Gasteiger partial charge on any atom is 0.127 e. The van der Waals surface area contributed by atoms with E-state index in [4.69, 9.17) is 30.4 Å². The Morgan fingerprint density at radius 1 is 0.318 bits per heavy atom. The van der Waals surface area contributed by atoms with E-state index in [0.29, 0.717) is 34.4 Å². The van der Waals surface area contributed by atoms with Crippen LogP contribution in [0.4, 0.5) is 11.4 Å². The summed E-state index contributed by atoms with van der Waals surface area (Å²) in [6, 6.07) is 45.2. The van der Waals surface area contributed by atoms with Crippen molar-refractivity contribution in [2.45, 2.75) is 0 Å². The van der Waals surface area contributed by atoms with Crippen LogP contribution in [0.3, 0.4) is 0 Å². The van der Waals surface area contributed by atoms with Gasteiger partial charge < -0.3 is 30.4 Å². The maximum atomic E-state index is 6.02.